The maximum Gasteiger partial charge on any atom is 0.246 e. The van der Waals surface area contributed by atoms with E-state index in [2.05, 4.69) is 16.0 Å². The minimum Gasteiger partial charge on any atom is -0.366 e. The van der Waals surface area contributed by atoms with Gasteiger partial charge in [-0.25, -0.2) is 0 Å². The SMILES string of the molecule is CC(C)C(C=O)NC(=O)[C@H](NC(=O)CNC(=O)COC(C)(C)C)C(C)C. The van der Waals surface area contributed by atoms with E-state index in [1.165, 1.54) is 0 Å². The summed E-state index contributed by atoms with van der Waals surface area (Å²) in [6.45, 7) is 12.3. The molecule has 3 N–H and O–H groups in total. The Morgan fingerprint density at radius 3 is 1.96 bits per heavy atom. The molecule has 0 aromatic heterocycles. The molecular weight excluding hydrogens is 338 g/mol. The highest BCUT2D eigenvalue weighted by Crippen LogP contribution is 2.06. The summed E-state index contributed by atoms with van der Waals surface area (Å²) in [6, 6.07) is -1.42. The van der Waals surface area contributed by atoms with Crippen molar-refractivity contribution in [2.45, 2.75) is 66.2 Å². The molecule has 0 aromatic carbocycles. The predicted molar refractivity (Wildman–Crippen MR) is 98.3 cm³/mol. The van der Waals surface area contributed by atoms with Crippen LogP contribution in [-0.4, -0.2) is 54.8 Å². The first-order valence-electron chi connectivity index (χ1n) is 8.83. The zero-order valence-corrected chi connectivity index (χ0v) is 16.8. The lowest BCUT2D eigenvalue weighted by molar-refractivity contribution is -0.134. The third kappa shape index (κ3) is 10.1. The average molecular weight is 371 g/mol. The Bertz CT molecular complexity index is 498. The number of amides is 3. The fourth-order valence-electron chi connectivity index (χ4n) is 1.88. The first kappa shape index (κ1) is 24.0. The summed E-state index contributed by atoms with van der Waals surface area (Å²) < 4.78 is 5.32. The second-order valence-electron chi connectivity index (χ2n) is 7.88. The fourth-order valence-corrected chi connectivity index (χ4v) is 1.88. The van der Waals surface area contributed by atoms with E-state index in [-0.39, 0.29) is 25.0 Å². The number of carbonyl (C=O) groups excluding carboxylic acids is 4. The molecule has 0 aliphatic rings. The van der Waals surface area contributed by atoms with Gasteiger partial charge in [-0.3, -0.25) is 14.4 Å². The monoisotopic (exact) mass is 371 g/mol. The van der Waals surface area contributed by atoms with E-state index in [0.717, 1.165) is 0 Å². The number of rotatable bonds is 10. The zero-order chi connectivity index (χ0) is 20.5. The maximum atomic E-state index is 12.4. The highest BCUT2D eigenvalue weighted by atomic mass is 16.5. The van der Waals surface area contributed by atoms with Crippen molar-refractivity contribution in [2.75, 3.05) is 13.2 Å². The van der Waals surface area contributed by atoms with Crippen molar-refractivity contribution in [3.8, 4) is 0 Å². The summed E-state index contributed by atoms with van der Waals surface area (Å²) in [5.74, 6) is -1.57. The van der Waals surface area contributed by atoms with Crippen LogP contribution in [0, 0.1) is 11.8 Å². The van der Waals surface area contributed by atoms with Crippen molar-refractivity contribution >= 4 is 24.0 Å². The number of hydrogen-bond donors (Lipinski definition) is 3. The van der Waals surface area contributed by atoms with Crippen LogP contribution in [0.2, 0.25) is 0 Å². The molecule has 0 rings (SSSR count). The summed E-state index contributed by atoms with van der Waals surface area (Å²) in [6.07, 6.45) is 0.678. The minimum absolute atomic E-state index is 0.0536. The van der Waals surface area contributed by atoms with Crippen molar-refractivity contribution in [2.24, 2.45) is 11.8 Å². The number of ether oxygens (including phenoxy) is 1. The molecule has 1 unspecified atom stereocenters. The van der Waals surface area contributed by atoms with E-state index in [9.17, 15) is 19.2 Å². The van der Waals surface area contributed by atoms with Gasteiger partial charge in [0.25, 0.3) is 0 Å². The fraction of sp³-hybridized carbons (Fsp3) is 0.778. The minimum atomic E-state index is -0.800. The summed E-state index contributed by atoms with van der Waals surface area (Å²) in [7, 11) is 0. The lowest BCUT2D eigenvalue weighted by Crippen LogP contribution is -2.55. The van der Waals surface area contributed by atoms with E-state index in [4.69, 9.17) is 4.74 Å². The number of aldehydes is 1. The lowest BCUT2D eigenvalue weighted by Gasteiger charge is -2.25. The molecular formula is C18H33N3O5. The predicted octanol–water partition coefficient (Wildman–Crippen LogP) is 0.398. The van der Waals surface area contributed by atoms with E-state index in [1.807, 2.05) is 34.6 Å². The second-order valence-corrected chi connectivity index (χ2v) is 7.88. The van der Waals surface area contributed by atoms with Gasteiger partial charge in [-0.2, -0.15) is 0 Å². The Morgan fingerprint density at radius 1 is 0.962 bits per heavy atom. The normalized spacial score (nSPS) is 13.9. The van der Waals surface area contributed by atoms with Gasteiger partial charge in [0.1, 0.15) is 18.9 Å². The van der Waals surface area contributed by atoms with Crippen LogP contribution in [0.25, 0.3) is 0 Å². The van der Waals surface area contributed by atoms with Gasteiger partial charge >= 0.3 is 0 Å². The van der Waals surface area contributed by atoms with Crippen LogP contribution < -0.4 is 16.0 Å². The van der Waals surface area contributed by atoms with Crippen LogP contribution in [0.15, 0.2) is 0 Å². The molecule has 0 aromatic rings. The molecule has 26 heavy (non-hydrogen) atoms. The zero-order valence-electron chi connectivity index (χ0n) is 16.8. The highest BCUT2D eigenvalue weighted by molar-refractivity contribution is 5.91. The third-order valence-corrected chi connectivity index (χ3v) is 3.52. The Hall–Kier alpha value is -1.96. The Kier molecular flexibility index (Phi) is 10.1. The molecule has 8 nitrogen and oxygen atoms in total. The summed E-state index contributed by atoms with van der Waals surface area (Å²) in [4.78, 5) is 47.1. The summed E-state index contributed by atoms with van der Waals surface area (Å²) in [5.41, 5.74) is -0.452. The topological polar surface area (TPSA) is 114 Å². The molecule has 0 heterocycles. The van der Waals surface area contributed by atoms with Gasteiger partial charge in [-0.05, 0) is 32.6 Å². The molecule has 0 fully saturated rings. The van der Waals surface area contributed by atoms with E-state index in [1.54, 1.807) is 13.8 Å². The van der Waals surface area contributed by atoms with Crippen LogP contribution >= 0.6 is 0 Å². The molecule has 8 heteroatoms. The molecule has 2 atom stereocenters. The van der Waals surface area contributed by atoms with Crippen molar-refractivity contribution in [3.05, 3.63) is 0 Å². The average Bonchev–Trinajstić information content (AvgIpc) is 2.52. The van der Waals surface area contributed by atoms with Crippen LogP contribution in [0.5, 0.6) is 0 Å². The van der Waals surface area contributed by atoms with Crippen LogP contribution in [-0.2, 0) is 23.9 Å². The third-order valence-electron chi connectivity index (χ3n) is 3.52. The Balaban J connectivity index is 4.57. The first-order valence-corrected chi connectivity index (χ1v) is 8.83. The number of nitrogens with one attached hydrogen (secondary N) is 3. The van der Waals surface area contributed by atoms with Gasteiger partial charge in [0.2, 0.25) is 17.7 Å². The standard InChI is InChI=1S/C18H33N3O5/c1-11(2)13(9-22)20-17(25)16(12(3)4)21-14(23)8-19-15(24)10-26-18(5,6)7/h9,11-13,16H,8,10H2,1-7H3,(H,19,24)(H,20,25)(H,21,23)/t13?,16-/m1/s1. The lowest BCUT2D eigenvalue weighted by atomic mass is 10.0. The number of hydrogen-bond acceptors (Lipinski definition) is 5. The first-order chi connectivity index (χ1) is 11.9. The smallest absolute Gasteiger partial charge is 0.246 e. The van der Waals surface area contributed by atoms with Crippen molar-refractivity contribution in [1.82, 2.24) is 16.0 Å². The molecule has 150 valence electrons. The van der Waals surface area contributed by atoms with Gasteiger partial charge in [0, 0.05) is 0 Å². The second kappa shape index (κ2) is 10.9. The van der Waals surface area contributed by atoms with Gasteiger partial charge in [0.15, 0.2) is 0 Å². The molecule has 3 amide bonds. The van der Waals surface area contributed by atoms with Gasteiger partial charge in [0.05, 0.1) is 18.2 Å². The molecule has 0 aliphatic heterocycles. The highest BCUT2D eigenvalue weighted by Gasteiger charge is 2.27. The Labute approximate surface area is 155 Å². The van der Waals surface area contributed by atoms with Crippen LogP contribution in [0.1, 0.15) is 48.5 Å². The van der Waals surface area contributed by atoms with Crippen LogP contribution in [0.3, 0.4) is 0 Å². The molecule has 0 aliphatic carbocycles. The summed E-state index contributed by atoms with van der Waals surface area (Å²) >= 11 is 0. The van der Waals surface area contributed by atoms with Crippen LogP contribution in [0.4, 0.5) is 0 Å². The van der Waals surface area contributed by atoms with Gasteiger partial charge in [-0.1, -0.05) is 27.7 Å². The molecule has 0 bridgehead atoms. The maximum absolute atomic E-state index is 12.4. The molecule has 0 saturated heterocycles. The van der Waals surface area contributed by atoms with Gasteiger partial charge in [-0.15, -0.1) is 0 Å². The van der Waals surface area contributed by atoms with Crippen molar-refractivity contribution < 1.29 is 23.9 Å². The van der Waals surface area contributed by atoms with E-state index >= 15 is 0 Å². The Morgan fingerprint density at radius 2 is 1.54 bits per heavy atom. The van der Waals surface area contributed by atoms with Crippen molar-refractivity contribution in [3.63, 3.8) is 0 Å². The molecule has 0 radical (unpaired) electrons. The largest absolute Gasteiger partial charge is 0.366 e. The molecule has 0 spiro atoms. The summed E-state index contributed by atoms with van der Waals surface area (Å²) in [5, 5.41) is 7.66. The van der Waals surface area contributed by atoms with Gasteiger partial charge < -0.3 is 25.5 Å². The number of carbonyl (C=O) groups is 4. The molecule has 0 saturated carbocycles. The quantitative estimate of drug-likeness (QED) is 0.481. The van der Waals surface area contributed by atoms with E-state index < -0.39 is 35.4 Å². The van der Waals surface area contributed by atoms with E-state index in [0.29, 0.717) is 6.29 Å². The van der Waals surface area contributed by atoms with Crippen molar-refractivity contribution in [1.29, 1.82) is 0 Å².